The number of carbonyl (C=O) groups excluding carboxylic acids is 2. The second kappa shape index (κ2) is 7.97. The molecule has 1 fully saturated rings. The summed E-state index contributed by atoms with van der Waals surface area (Å²) in [7, 11) is 2.08. The number of hydrogen-bond donors (Lipinski definition) is 1. The van der Waals surface area contributed by atoms with E-state index in [0.29, 0.717) is 18.7 Å². The van der Waals surface area contributed by atoms with Gasteiger partial charge in [0.25, 0.3) is 11.5 Å². The molecule has 0 spiro atoms. The van der Waals surface area contributed by atoms with Crippen LogP contribution < -0.4 is 10.5 Å². The zero-order valence-corrected chi connectivity index (χ0v) is 16.1. The number of benzene rings is 1. The van der Waals surface area contributed by atoms with Crippen molar-refractivity contribution in [1.29, 1.82) is 0 Å². The van der Waals surface area contributed by atoms with Crippen LogP contribution in [0.5, 0.6) is 0 Å². The van der Waals surface area contributed by atoms with E-state index in [1.807, 2.05) is 0 Å². The number of nitrogens with one attached hydrogen (secondary N) is 1. The summed E-state index contributed by atoms with van der Waals surface area (Å²) >= 11 is 3.34. The van der Waals surface area contributed by atoms with Crippen LogP contribution in [-0.4, -0.2) is 54.4 Å². The number of nitrogens with zero attached hydrogens (tertiary/aromatic N) is 2. The van der Waals surface area contributed by atoms with Crippen LogP contribution in [0.15, 0.2) is 57.9 Å². The van der Waals surface area contributed by atoms with Gasteiger partial charge in [-0.3, -0.25) is 19.0 Å². The zero-order valence-electron chi connectivity index (χ0n) is 14.5. The van der Waals surface area contributed by atoms with Gasteiger partial charge in [-0.05, 0) is 18.2 Å². The third kappa shape index (κ3) is 3.94. The Hall–Kier alpha value is -2.25. The van der Waals surface area contributed by atoms with Crippen molar-refractivity contribution in [3.63, 3.8) is 0 Å². The van der Waals surface area contributed by atoms with Gasteiger partial charge in [-0.1, -0.05) is 34.1 Å². The van der Waals surface area contributed by atoms with Crippen molar-refractivity contribution in [3.05, 3.63) is 69.1 Å². The average molecular weight is 419 g/mol. The fourth-order valence-corrected chi connectivity index (χ4v) is 3.33. The van der Waals surface area contributed by atoms with Gasteiger partial charge in [-0.15, -0.1) is 0 Å². The molecule has 1 amide bonds. The van der Waals surface area contributed by atoms with E-state index in [2.05, 4.69) is 23.0 Å². The number of amides is 1. The number of rotatable bonds is 4. The minimum absolute atomic E-state index is 0.321. The first kappa shape index (κ1) is 18.5. The summed E-state index contributed by atoms with van der Waals surface area (Å²) in [6.07, 6.45) is 1.50. The zero-order chi connectivity index (χ0) is 18.7. The number of halogens is 1. The molecular formula is C19H21BrN3O3+. The molecule has 7 heteroatoms. The van der Waals surface area contributed by atoms with Crippen molar-refractivity contribution in [1.82, 2.24) is 9.47 Å². The smallest absolute Gasteiger partial charge is 0.254 e. The van der Waals surface area contributed by atoms with Crippen LogP contribution in [0.2, 0.25) is 0 Å². The average Bonchev–Trinajstić information content (AvgIpc) is 2.64. The summed E-state index contributed by atoms with van der Waals surface area (Å²) in [4.78, 5) is 41.7. The first-order valence-corrected chi connectivity index (χ1v) is 9.33. The highest BCUT2D eigenvalue weighted by Crippen LogP contribution is 2.19. The van der Waals surface area contributed by atoms with Gasteiger partial charge in [0.1, 0.15) is 0 Å². The highest BCUT2D eigenvalue weighted by atomic mass is 79.9. The number of carbonyl (C=O) groups is 2. The van der Waals surface area contributed by atoms with Crippen LogP contribution in [0, 0.1) is 0 Å². The van der Waals surface area contributed by atoms with E-state index in [1.165, 1.54) is 21.7 Å². The summed E-state index contributed by atoms with van der Waals surface area (Å²) < 4.78 is 2.08. The molecule has 0 aliphatic carbocycles. The molecule has 0 bridgehead atoms. The number of piperazine rings is 1. The molecule has 1 aliphatic rings. The number of Topliss-reactive ketones (excluding diaryl/α,β-unsaturated/α-hetero) is 1. The topological polar surface area (TPSA) is 63.8 Å². The summed E-state index contributed by atoms with van der Waals surface area (Å²) in [6, 6.07) is 10.3. The predicted molar refractivity (Wildman–Crippen MR) is 101 cm³/mol. The molecule has 1 N–H and O–H groups in total. The Balaban J connectivity index is 1.98. The second-order valence-corrected chi connectivity index (χ2v) is 7.42. The molecule has 1 atom stereocenters. The lowest BCUT2D eigenvalue weighted by Crippen LogP contribution is -3.12. The molecule has 1 aromatic carbocycles. The van der Waals surface area contributed by atoms with Crippen LogP contribution in [0.4, 0.5) is 0 Å². The maximum absolute atomic E-state index is 13.2. The van der Waals surface area contributed by atoms with Crippen LogP contribution >= 0.6 is 15.9 Å². The van der Waals surface area contributed by atoms with Gasteiger partial charge in [0.2, 0.25) is 0 Å². The Morgan fingerprint density at radius 1 is 1.08 bits per heavy atom. The van der Waals surface area contributed by atoms with Crippen molar-refractivity contribution >= 4 is 27.6 Å². The quantitative estimate of drug-likeness (QED) is 0.576. The third-order valence-corrected chi connectivity index (χ3v) is 5.20. The molecule has 2 heterocycles. The second-order valence-electron chi connectivity index (χ2n) is 6.50. The van der Waals surface area contributed by atoms with Crippen LogP contribution in [0.25, 0.3) is 0 Å². The van der Waals surface area contributed by atoms with Crippen LogP contribution in [0.3, 0.4) is 0 Å². The molecule has 0 unspecified atom stereocenters. The van der Waals surface area contributed by atoms with Crippen molar-refractivity contribution in [2.45, 2.75) is 6.04 Å². The van der Waals surface area contributed by atoms with E-state index in [1.54, 1.807) is 41.3 Å². The van der Waals surface area contributed by atoms with Gasteiger partial charge < -0.3 is 9.80 Å². The highest BCUT2D eigenvalue weighted by molar-refractivity contribution is 9.10. The summed E-state index contributed by atoms with van der Waals surface area (Å²) in [5.74, 6) is -0.694. The molecule has 2 aromatic rings. The maximum atomic E-state index is 13.2. The van der Waals surface area contributed by atoms with Gasteiger partial charge in [-0.2, -0.15) is 0 Å². The molecule has 1 aliphatic heterocycles. The SMILES string of the molecule is C[NH+]1CCN(C(=O)[C@@H](C(=O)c2ccc(Br)cc2)n2ccccc2=O)CC1. The number of pyridine rings is 1. The van der Waals surface area contributed by atoms with E-state index in [4.69, 9.17) is 0 Å². The standard InChI is InChI=1S/C19H20BrN3O3/c1-21-10-12-22(13-11-21)19(26)17(23-9-3-2-4-16(23)24)18(25)14-5-7-15(20)8-6-14/h2-9,17H,10-13H2,1H3/p+1/t17-/m1/s1. The Morgan fingerprint density at radius 3 is 2.35 bits per heavy atom. The van der Waals surface area contributed by atoms with Crippen LogP contribution in [-0.2, 0) is 4.79 Å². The number of ketones is 1. The summed E-state index contributed by atoms with van der Waals surface area (Å²) in [6.45, 7) is 2.82. The summed E-state index contributed by atoms with van der Waals surface area (Å²) in [5, 5.41) is 0. The van der Waals surface area contributed by atoms with Crippen molar-refractivity contribution < 1.29 is 14.5 Å². The lowest BCUT2D eigenvalue weighted by molar-refractivity contribution is -0.883. The van der Waals surface area contributed by atoms with Gasteiger partial charge >= 0.3 is 0 Å². The minimum atomic E-state index is -1.18. The molecule has 6 nitrogen and oxygen atoms in total. The number of quaternary nitrogens is 1. The predicted octanol–water partition coefficient (Wildman–Crippen LogP) is 0.392. The normalized spacial score (nSPS) is 16.3. The molecular weight excluding hydrogens is 398 g/mol. The number of likely N-dealkylation sites (N-methyl/N-ethyl adjacent to an activating group) is 1. The Morgan fingerprint density at radius 2 is 1.73 bits per heavy atom. The number of aromatic nitrogens is 1. The molecule has 1 saturated heterocycles. The monoisotopic (exact) mass is 418 g/mol. The van der Waals surface area contributed by atoms with Crippen molar-refractivity contribution in [2.24, 2.45) is 0 Å². The first-order valence-electron chi connectivity index (χ1n) is 8.54. The first-order chi connectivity index (χ1) is 12.5. The number of hydrogen-bond acceptors (Lipinski definition) is 3. The third-order valence-electron chi connectivity index (χ3n) is 4.67. The van der Waals surface area contributed by atoms with E-state index in [0.717, 1.165) is 17.6 Å². The fraction of sp³-hybridized carbons (Fsp3) is 0.316. The Kier molecular flexibility index (Phi) is 5.68. The van der Waals surface area contributed by atoms with Gasteiger partial charge in [0.15, 0.2) is 11.8 Å². The van der Waals surface area contributed by atoms with Gasteiger partial charge in [0, 0.05) is 22.3 Å². The molecule has 0 radical (unpaired) electrons. The molecule has 1 aromatic heterocycles. The Bertz CT molecular complexity index is 855. The van der Waals surface area contributed by atoms with Crippen LogP contribution in [0.1, 0.15) is 16.4 Å². The van der Waals surface area contributed by atoms with Crippen molar-refractivity contribution in [3.8, 4) is 0 Å². The largest absolute Gasteiger partial charge is 0.334 e. The summed E-state index contributed by atoms with van der Waals surface area (Å²) in [5.41, 5.74) is 0.0399. The Labute approximate surface area is 160 Å². The molecule has 26 heavy (non-hydrogen) atoms. The minimum Gasteiger partial charge on any atom is -0.334 e. The maximum Gasteiger partial charge on any atom is 0.254 e. The molecule has 0 saturated carbocycles. The van der Waals surface area contributed by atoms with Gasteiger partial charge in [-0.25, -0.2) is 0 Å². The lowest BCUT2D eigenvalue weighted by Gasteiger charge is -2.32. The van der Waals surface area contributed by atoms with E-state index in [-0.39, 0.29) is 17.2 Å². The highest BCUT2D eigenvalue weighted by Gasteiger charge is 2.35. The lowest BCUT2D eigenvalue weighted by atomic mass is 10.0. The van der Waals surface area contributed by atoms with Gasteiger partial charge in [0.05, 0.1) is 33.2 Å². The molecule has 3 rings (SSSR count). The van der Waals surface area contributed by atoms with E-state index < -0.39 is 6.04 Å². The molecule has 136 valence electrons. The van der Waals surface area contributed by atoms with E-state index in [9.17, 15) is 14.4 Å². The fourth-order valence-electron chi connectivity index (χ4n) is 3.06. The van der Waals surface area contributed by atoms with Crippen molar-refractivity contribution in [2.75, 3.05) is 33.2 Å². The van der Waals surface area contributed by atoms with E-state index >= 15 is 0 Å².